The van der Waals surface area contributed by atoms with Crippen LogP contribution in [0.25, 0.3) is 0 Å². The second kappa shape index (κ2) is 15.5. The summed E-state index contributed by atoms with van der Waals surface area (Å²) < 4.78 is 29.3. The minimum atomic E-state index is -4.30. The number of halogens is 4. The molecule has 0 unspecified atom stereocenters. The first-order chi connectivity index (χ1) is 21.8. The van der Waals surface area contributed by atoms with Gasteiger partial charge in [0.15, 0.2) is 0 Å². The largest absolute Gasteiger partial charge is 0.352 e. The molecule has 12 heteroatoms. The van der Waals surface area contributed by atoms with E-state index in [1.807, 2.05) is 51.1 Å². The molecule has 7 nitrogen and oxygen atoms in total. The maximum Gasteiger partial charge on any atom is 0.264 e. The highest BCUT2D eigenvalue weighted by atomic mass is 35.5. The second-order valence-electron chi connectivity index (χ2n) is 11.0. The van der Waals surface area contributed by atoms with Crippen LogP contribution in [0.5, 0.6) is 0 Å². The van der Waals surface area contributed by atoms with Crippen LogP contribution in [0.1, 0.15) is 30.5 Å². The third kappa shape index (κ3) is 8.96. The van der Waals surface area contributed by atoms with Crippen molar-refractivity contribution in [1.82, 2.24) is 10.2 Å². The fourth-order valence-electron chi connectivity index (χ4n) is 4.77. The molecule has 46 heavy (non-hydrogen) atoms. The Labute approximate surface area is 290 Å². The van der Waals surface area contributed by atoms with Crippen LogP contribution in [0.2, 0.25) is 20.1 Å². The number of carbonyl (C=O) groups excluding carboxylic acids is 2. The molecule has 0 aliphatic rings. The summed E-state index contributed by atoms with van der Waals surface area (Å²) in [6.07, 6.45) is 0.161. The number of carbonyl (C=O) groups is 2. The lowest BCUT2D eigenvalue weighted by Crippen LogP contribution is -2.54. The molecule has 1 N–H and O–H groups in total. The molecule has 0 bridgehead atoms. The summed E-state index contributed by atoms with van der Waals surface area (Å²) in [5, 5.41) is 3.94. The first-order valence-corrected chi connectivity index (χ1v) is 17.3. The maximum absolute atomic E-state index is 14.5. The molecule has 0 heterocycles. The van der Waals surface area contributed by atoms with Crippen LogP contribution >= 0.6 is 46.4 Å². The molecule has 242 valence electrons. The topological polar surface area (TPSA) is 86.8 Å². The summed E-state index contributed by atoms with van der Waals surface area (Å²) in [6.45, 7) is 4.72. The Morgan fingerprint density at radius 3 is 2.09 bits per heavy atom. The van der Waals surface area contributed by atoms with Gasteiger partial charge in [-0.15, -0.1) is 0 Å². The van der Waals surface area contributed by atoms with Gasteiger partial charge in [0.05, 0.1) is 20.6 Å². The lowest BCUT2D eigenvalue weighted by molar-refractivity contribution is -0.140. The minimum Gasteiger partial charge on any atom is -0.352 e. The van der Waals surface area contributed by atoms with Gasteiger partial charge in [-0.25, -0.2) is 8.42 Å². The monoisotopic (exact) mass is 719 g/mol. The summed E-state index contributed by atoms with van der Waals surface area (Å²) >= 11 is 25.2. The number of hydrogen-bond acceptors (Lipinski definition) is 4. The Balaban J connectivity index is 1.84. The summed E-state index contributed by atoms with van der Waals surface area (Å²) in [4.78, 5) is 29.7. The zero-order valence-electron chi connectivity index (χ0n) is 25.4. The van der Waals surface area contributed by atoms with Crippen LogP contribution in [0, 0.1) is 6.92 Å². The van der Waals surface area contributed by atoms with Crippen molar-refractivity contribution >= 4 is 73.9 Å². The third-order valence-electron chi connectivity index (χ3n) is 7.14. The summed E-state index contributed by atoms with van der Waals surface area (Å²) in [6, 6.07) is 23.5. The van der Waals surface area contributed by atoms with Crippen LogP contribution < -0.4 is 9.62 Å². The highest BCUT2D eigenvalue weighted by Crippen LogP contribution is 2.31. The van der Waals surface area contributed by atoms with E-state index in [9.17, 15) is 18.0 Å². The SMILES string of the molecule is Cc1ccc(S(=O)(=O)N(CC(=O)N(Cc2ccc(Cl)cc2Cl)[C@H](Cc2ccccc2)C(=O)NC(C)C)c2ccc(Cl)c(Cl)c2)cc1. The van der Waals surface area contributed by atoms with E-state index in [4.69, 9.17) is 46.4 Å². The summed E-state index contributed by atoms with van der Waals surface area (Å²) in [5.41, 5.74) is 2.32. The Morgan fingerprint density at radius 1 is 0.804 bits per heavy atom. The molecule has 0 fully saturated rings. The number of rotatable bonds is 12. The van der Waals surface area contributed by atoms with E-state index in [1.165, 1.54) is 35.2 Å². The van der Waals surface area contributed by atoms with E-state index < -0.39 is 34.4 Å². The van der Waals surface area contributed by atoms with Crippen LogP contribution in [-0.2, 0) is 32.6 Å². The van der Waals surface area contributed by atoms with Crippen molar-refractivity contribution in [3.8, 4) is 0 Å². The van der Waals surface area contributed by atoms with Gasteiger partial charge in [-0.3, -0.25) is 13.9 Å². The number of sulfonamides is 1. The predicted octanol–water partition coefficient (Wildman–Crippen LogP) is 7.97. The normalized spacial score (nSPS) is 12.1. The Morgan fingerprint density at radius 2 is 1.48 bits per heavy atom. The number of nitrogens with one attached hydrogen (secondary N) is 1. The molecule has 0 spiro atoms. The number of nitrogens with zero attached hydrogens (tertiary/aromatic N) is 2. The van der Waals surface area contributed by atoms with Gasteiger partial charge in [0, 0.05) is 29.1 Å². The highest BCUT2D eigenvalue weighted by molar-refractivity contribution is 7.92. The van der Waals surface area contributed by atoms with Gasteiger partial charge in [-0.1, -0.05) is 100 Å². The number of benzene rings is 4. The van der Waals surface area contributed by atoms with Crippen LogP contribution in [0.15, 0.2) is 95.9 Å². The zero-order valence-corrected chi connectivity index (χ0v) is 29.2. The average Bonchev–Trinajstić information content (AvgIpc) is 3.00. The van der Waals surface area contributed by atoms with Gasteiger partial charge < -0.3 is 10.2 Å². The number of amides is 2. The van der Waals surface area contributed by atoms with Crippen molar-refractivity contribution in [3.05, 3.63) is 128 Å². The first kappa shape index (κ1) is 35.6. The number of aryl methyl sites for hydroxylation is 1. The minimum absolute atomic E-state index is 0.0253. The Kier molecular flexibility index (Phi) is 12.0. The van der Waals surface area contributed by atoms with E-state index in [0.29, 0.717) is 15.6 Å². The van der Waals surface area contributed by atoms with E-state index in [-0.39, 0.29) is 39.6 Å². The summed E-state index contributed by atoms with van der Waals surface area (Å²) in [7, 11) is -4.30. The molecule has 4 aromatic carbocycles. The predicted molar refractivity (Wildman–Crippen MR) is 186 cm³/mol. The third-order valence-corrected chi connectivity index (χ3v) is 10.3. The van der Waals surface area contributed by atoms with Gasteiger partial charge in [-0.2, -0.15) is 0 Å². The van der Waals surface area contributed by atoms with Crippen LogP contribution in [0.4, 0.5) is 5.69 Å². The van der Waals surface area contributed by atoms with E-state index in [2.05, 4.69) is 5.32 Å². The molecular formula is C34H33Cl4N3O4S. The van der Waals surface area contributed by atoms with Crippen LogP contribution in [-0.4, -0.2) is 43.8 Å². The van der Waals surface area contributed by atoms with Crippen molar-refractivity contribution in [2.24, 2.45) is 0 Å². The van der Waals surface area contributed by atoms with E-state index in [0.717, 1.165) is 15.4 Å². The zero-order chi connectivity index (χ0) is 33.6. The van der Waals surface area contributed by atoms with E-state index in [1.54, 1.807) is 30.3 Å². The lowest BCUT2D eigenvalue weighted by Gasteiger charge is -2.34. The maximum atomic E-state index is 14.5. The molecule has 0 radical (unpaired) electrons. The molecule has 1 atom stereocenters. The lowest BCUT2D eigenvalue weighted by atomic mass is 10.0. The fraction of sp³-hybridized carbons (Fsp3) is 0.235. The molecule has 0 saturated carbocycles. The molecular weight excluding hydrogens is 688 g/mol. The smallest absolute Gasteiger partial charge is 0.264 e. The highest BCUT2D eigenvalue weighted by Gasteiger charge is 2.35. The van der Waals surface area contributed by atoms with Crippen LogP contribution in [0.3, 0.4) is 0 Å². The molecule has 0 aliphatic carbocycles. The Hall–Kier alpha value is -3.27. The molecule has 0 aromatic heterocycles. The van der Waals surface area contributed by atoms with Crippen molar-refractivity contribution in [2.45, 2.75) is 50.7 Å². The van der Waals surface area contributed by atoms with Crippen molar-refractivity contribution < 1.29 is 18.0 Å². The number of anilines is 1. The molecule has 0 saturated heterocycles. The van der Waals surface area contributed by atoms with Crippen molar-refractivity contribution in [2.75, 3.05) is 10.8 Å². The second-order valence-corrected chi connectivity index (χ2v) is 14.6. The molecule has 0 aliphatic heterocycles. The van der Waals surface area contributed by atoms with Gasteiger partial charge in [0.2, 0.25) is 11.8 Å². The van der Waals surface area contributed by atoms with Gasteiger partial charge >= 0.3 is 0 Å². The molecule has 4 aromatic rings. The number of hydrogen-bond donors (Lipinski definition) is 1. The van der Waals surface area contributed by atoms with Gasteiger partial charge in [0.1, 0.15) is 12.6 Å². The molecule has 4 rings (SSSR count). The van der Waals surface area contributed by atoms with Gasteiger partial charge in [0.25, 0.3) is 10.0 Å². The van der Waals surface area contributed by atoms with Crippen molar-refractivity contribution in [1.29, 1.82) is 0 Å². The fourth-order valence-corrected chi connectivity index (χ4v) is 6.94. The summed E-state index contributed by atoms with van der Waals surface area (Å²) in [5.74, 6) is -1.05. The first-order valence-electron chi connectivity index (χ1n) is 14.4. The van der Waals surface area contributed by atoms with E-state index >= 15 is 0 Å². The Bertz CT molecular complexity index is 1800. The molecule has 2 amide bonds. The average molecular weight is 722 g/mol. The van der Waals surface area contributed by atoms with Crippen molar-refractivity contribution in [3.63, 3.8) is 0 Å². The van der Waals surface area contributed by atoms with Gasteiger partial charge in [-0.05, 0) is 74.4 Å². The standard InChI is InChI=1S/C34H33Cl4N3O4S/c1-22(2)39-34(43)32(17-24-7-5-4-6-8-24)40(20-25-11-12-26(35)18-30(25)37)33(42)21-41(27-13-16-29(36)31(38)19-27)46(44,45)28-14-9-23(3)10-15-28/h4-16,18-19,22,32H,17,20-21H2,1-3H3,(H,39,43)/t32-/m1/s1. The quantitative estimate of drug-likeness (QED) is 0.161.